The highest BCUT2D eigenvalue weighted by Crippen LogP contribution is 2.27. The molecule has 21 heavy (non-hydrogen) atoms. The van der Waals surface area contributed by atoms with Gasteiger partial charge in [0.25, 0.3) is 0 Å². The molecule has 2 rings (SSSR count). The van der Waals surface area contributed by atoms with Gasteiger partial charge in [-0.25, -0.2) is 4.68 Å². The summed E-state index contributed by atoms with van der Waals surface area (Å²) in [5.41, 5.74) is 0. The minimum absolute atomic E-state index is 0.0414. The van der Waals surface area contributed by atoms with Gasteiger partial charge in [0.05, 0.1) is 18.9 Å². The molecule has 0 aliphatic heterocycles. The van der Waals surface area contributed by atoms with Crippen molar-refractivity contribution >= 4 is 17.7 Å². The molecule has 1 aromatic rings. The molecule has 0 unspecified atom stereocenters. The lowest BCUT2D eigenvalue weighted by molar-refractivity contribution is -0.118. The highest BCUT2D eigenvalue weighted by atomic mass is 32.2. The van der Waals surface area contributed by atoms with Gasteiger partial charge in [0, 0.05) is 26.7 Å². The molecule has 1 heterocycles. The Bertz CT molecular complexity index is 437. The van der Waals surface area contributed by atoms with Crippen LogP contribution in [-0.2, 0) is 16.1 Å². The van der Waals surface area contributed by atoms with E-state index in [1.807, 2.05) is 0 Å². The maximum Gasteiger partial charge on any atom is 0.230 e. The Morgan fingerprint density at radius 3 is 3.10 bits per heavy atom. The molecule has 1 amide bonds. The number of thioether (sulfide) groups is 1. The van der Waals surface area contributed by atoms with Crippen LogP contribution in [0.15, 0.2) is 5.16 Å². The number of tetrazole rings is 1. The lowest BCUT2D eigenvalue weighted by Crippen LogP contribution is -2.27. The van der Waals surface area contributed by atoms with Crippen LogP contribution in [0.5, 0.6) is 0 Å². The molecule has 1 saturated carbocycles. The highest BCUT2D eigenvalue weighted by molar-refractivity contribution is 7.99. The molecule has 9 heteroatoms. The van der Waals surface area contributed by atoms with Crippen molar-refractivity contribution in [3.8, 4) is 0 Å². The molecule has 2 N–H and O–H groups in total. The lowest BCUT2D eigenvalue weighted by atomic mass is 10.4. The van der Waals surface area contributed by atoms with Crippen LogP contribution in [0.25, 0.3) is 0 Å². The summed E-state index contributed by atoms with van der Waals surface area (Å²) in [4.78, 5) is 11.7. The summed E-state index contributed by atoms with van der Waals surface area (Å²) < 4.78 is 6.66. The van der Waals surface area contributed by atoms with Crippen molar-refractivity contribution in [3.05, 3.63) is 0 Å². The summed E-state index contributed by atoms with van der Waals surface area (Å²) in [6.45, 7) is 3.70. The minimum atomic E-state index is 0.0414. The lowest BCUT2D eigenvalue weighted by Gasteiger charge is -2.06. The molecule has 0 radical (unpaired) electrons. The first-order valence-electron chi connectivity index (χ1n) is 7.15. The van der Waals surface area contributed by atoms with Crippen LogP contribution in [0.2, 0.25) is 0 Å². The van der Waals surface area contributed by atoms with Crippen LogP contribution >= 0.6 is 11.8 Å². The number of carbonyl (C=O) groups is 1. The van der Waals surface area contributed by atoms with Gasteiger partial charge in [0.15, 0.2) is 0 Å². The molecule has 0 saturated heterocycles. The van der Waals surface area contributed by atoms with E-state index < -0.39 is 0 Å². The van der Waals surface area contributed by atoms with Gasteiger partial charge in [0.2, 0.25) is 11.1 Å². The number of ether oxygens (including phenoxy) is 1. The summed E-state index contributed by atoms with van der Waals surface area (Å²) in [5, 5.41) is 18.4. The van der Waals surface area contributed by atoms with Gasteiger partial charge in [-0.1, -0.05) is 11.8 Å². The van der Waals surface area contributed by atoms with Crippen LogP contribution < -0.4 is 10.6 Å². The summed E-state index contributed by atoms with van der Waals surface area (Å²) in [7, 11) is 1.67. The number of nitrogens with zero attached hydrogens (tertiary/aromatic N) is 4. The average Bonchev–Trinajstić information content (AvgIpc) is 3.21. The fourth-order valence-corrected chi connectivity index (χ4v) is 2.42. The maximum absolute atomic E-state index is 11.7. The van der Waals surface area contributed by atoms with Crippen molar-refractivity contribution < 1.29 is 9.53 Å². The van der Waals surface area contributed by atoms with Crippen LogP contribution in [-0.4, -0.2) is 65.2 Å². The minimum Gasteiger partial charge on any atom is -0.383 e. The zero-order valence-electron chi connectivity index (χ0n) is 12.2. The predicted molar refractivity (Wildman–Crippen MR) is 79.0 cm³/mol. The number of hydrogen-bond donors (Lipinski definition) is 2. The second kappa shape index (κ2) is 8.96. The molecule has 1 aliphatic rings. The Kier molecular flexibility index (Phi) is 6.90. The van der Waals surface area contributed by atoms with Gasteiger partial charge in [-0.05, 0) is 29.2 Å². The van der Waals surface area contributed by atoms with Crippen molar-refractivity contribution in [3.63, 3.8) is 0 Å². The standard InChI is InChI=1S/C12H22N6O2S/c1-20-7-5-13-4-6-18-12(15-16-17-18)21-9-11(19)14-8-10-2-3-10/h10,13H,2-9H2,1H3,(H,14,19). The summed E-state index contributed by atoms with van der Waals surface area (Å²) in [5.74, 6) is 1.09. The van der Waals surface area contributed by atoms with E-state index in [0.29, 0.717) is 30.0 Å². The molecule has 1 aliphatic carbocycles. The number of rotatable bonds is 11. The quantitative estimate of drug-likeness (QED) is 0.421. The monoisotopic (exact) mass is 314 g/mol. The van der Waals surface area contributed by atoms with Crippen molar-refractivity contribution in [1.29, 1.82) is 0 Å². The van der Waals surface area contributed by atoms with Gasteiger partial charge in [-0.3, -0.25) is 4.79 Å². The SMILES string of the molecule is COCCNCCn1nnnc1SCC(=O)NCC1CC1. The molecule has 1 aromatic heterocycles. The van der Waals surface area contributed by atoms with E-state index in [0.717, 1.165) is 19.6 Å². The summed E-state index contributed by atoms with van der Waals surface area (Å²) >= 11 is 1.36. The number of hydrogen-bond acceptors (Lipinski definition) is 7. The Labute approximate surface area is 128 Å². The molecule has 8 nitrogen and oxygen atoms in total. The molecule has 0 aromatic carbocycles. The van der Waals surface area contributed by atoms with E-state index in [1.54, 1.807) is 11.8 Å². The van der Waals surface area contributed by atoms with Crippen LogP contribution in [0, 0.1) is 5.92 Å². The van der Waals surface area contributed by atoms with Crippen LogP contribution in [0.3, 0.4) is 0 Å². The van der Waals surface area contributed by atoms with E-state index in [-0.39, 0.29) is 5.91 Å². The van der Waals surface area contributed by atoms with E-state index in [4.69, 9.17) is 4.74 Å². The Morgan fingerprint density at radius 1 is 1.48 bits per heavy atom. The number of amides is 1. The number of nitrogens with one attached hydrogen (secondary N) is 2. The van der Waals surface area contributed by atoms with E-state index in [1.165, 1.54) is 24.6 Å². The zero-order chi connectivity index (χ0) is 14.9. The summed E-state index contributed by atoms with van der Waals surface area (Å²) in [6.07, 6.45) is 2.48. The number of methoxy groups -OCH3 is 1. The molecule has 118 valence electrons. The van der Waals surface area contributed by atoms with Crippen molar-refractivity contribution in [2.75, 3.05) is 39.1 Å². The van der Waals surface area contributed by atoms with Gasteiger partial charge in [-0.2, -0.15) is 0 Å². The molecule has 0 bridgehead atoms. The second-order valence-electron chi connectivity index (χ2n) is 4.96. The molecular weight excluding hydrogens is 292 g/mol. The first kappa shape index (κ1) is 16.2. The number of carbonyl (C=O) groups excluding carboxylic acids is 1. The third-order valence-electron chi connectivity index (χ3n) is 3.10. The molecule has 0 spiro atoms. The predicted octanol–water partition coefficient (Wildman–Crippen LogP) is -0.473. The summed E-state index contributed by atoms with van der Waals surface area (Å²) in [6, 6.07) is 0. The van der Waals surface area contributed by atoms with Crippen molar-refractivity contribution in [2.45, 2.75) is 24.5 Å². The molecule has 1 fully saturated rings. The maximum atomic E-state index is 11.7. The first-order valence-corrected chi connectivity index (χ1v) is 8.13. The Balaban J connectivity index is 1.63. The van der Waals surface area contributed by atoms with E-state index in [9.17, 15) is 4.79 Å². The van der Waals surface area contributed by atoms with E-state index >= 15 is 0 Å². The third-order valence-corrected chi connectivity index (χ3v) is 4.06. The average molecular weight is 314 g/mol. The fraction of sp³-hybridized carbons (Fsp3) is 0.833. The molecule has 0 atom stereocenters. The van der Waals surface area contributed by atoms with Gasteiger partial charge in [-0.15, -0.1) is 5.10 Å². The van der Waals surface area contributed by atoms with Crippen LogP contribution in [0.4, 0.5) is 0 Å². The van der Waals surface area contributed by atoms with Crippen LogP contribution in [0.1, 0.15) is 12.8 Å². The Hall–Kier alpha value is -1.19. The zero-order valence-corrected chi connectivity index (χ0v) is 13.1. The third kappa shape index (κ3) is 6.40. The second-order valence-corrected chi connectivity index (χ2v) is 5.91. The van der Waals surface area contributed by atoms with Gasteiger partial charge < -0.3 is 15.4 Å². The molecular formula is C12H22N6O2S. The normalized spacial score (nSPS) is 14.3. The van der Waals surface area contributed by atoms with Gasteiger partial charge in [0.1, 0.15) is 0 Å². The number of aromatic nitrogens is 4. The van der Waals surface area contributed by atoms with Crippen molar-refractivity contribution in [2.24, 2.45) is 5.92 Å². The van der Waals surface area contributed by atoms with E-state index in [2.05, 4.69) is 26.2 Å². The Morgan fingerprint density at radius 2 is 2.33 bits per heavy atom. The highest BCUT2D eigenvalue weighted by Gasteiger charge is 2.21. The first-order chi connectivity index (χ1) is 10.3. The van der Waals surface area contributed by atoms with Crippen molar-refractivity contribution in [1.82, 2.24) is 30.8 Å². The van der Waals surface area contributed by atoms with Gasteiger partial charge >= 0.3 is 0 Å². The topological polar surface area (TPSA) is 94.0 Å². The largest absolute Gasteiger partial charge is 0.383 e. The fourth-order valence-electron chi connectivity index (χ4n) is 1.69. The smallest absolute Gasteiger partial charge is 0.230 e.